The van der Waals surface area contributed by atoms with E-state index in [1.807, 2.05) is 50.4 Å². The normalized spacial score (nSPS) is 17.7. The lowest BCUT2D eigenvalue weighted by molar-refractivity contribution is -0.138. The Bertz CT molecular complexity index is 1360. The number of carbonyl (C=O) groups is 1. The molecule has 0 saturated heterocycles. The summed E-state index contributed by atoms with van der Waals surface area (Å²) >= 11 is 0. The quantitative estimate of drug-likeness (QED) is 0.348. The number of aliphatic carboxylic acids is 1. The molecule has 4 aromatic rings. The van der Waals surface area contributed by atoms with Crippen molar-refractivity contribution in [2.75, 3.05) is 6.61 Å². The van der Waals surface area contributed by atoms with Gasteiger partial charge < -0.3 is 19.6 Å². The Morgan fingerprint density at radius 3 is 2.56 bits per heavy atom. The van der Waals surface area contributed by atoms with E-state index in [0.717, 1.165) is 53.6 Å². The molecule has 0 spiro atoms. The molecule has 1 saturated carbocycles. The molecule has 1 aliphatic carbocycles. The van der Waals surface area contributed by atoms with Crippen molar-refractivity contribution in [2.45, 2.75) is 52.1 Å². The van der Waals surface area contributed by atoms with Gasteiger partial charge in [0.15, 0.2) is 5.65 Å². The van der Waals surface area contributed by atoms with E-state index in [1.54, 1.807) is 6.20 Å². The van der Waals surface area contributed by atoms with Crippen LogP contribution in [-0.2, 0) is 4.79 Å². The number of fused-ring (bicyclic) bond motifs is 1. The molecule has 4 heterocycles. The summed E-state index contributed by atoms with van der Waals surface area (Å²) in [4.78, 5) is 32.4. The van der Waals surface area contributed by atoms with Gasteiger partial charge in [0.05, 0.1) is 17.8 Å². The first-order valence-corrected chi connectivity index (χ1v) is 12.3. The standard InChI is InChI=1S/C27H29N5O4/c1-3-35-24-11-9-21-27(31-24)32-26(30-21)20-15-28-22(12-16(20)2)18-6-10-23(29-14-18)36-19-7-4-17(5-8-19)13-25(33)34/h6,9-12,14-15,17,19H,3-5,7-8,13H2,1-2H3,(H,33,34)(H,30,31,32). The van der Waals surface area contributed by atoms with Crippen LogP contribution in [0.2, 0.25) is 0 Å². The highest BCUT2D eigenvalue weighted by Crippen LogP contribution is 2.30. The van der Waals surface area contributed by atoms with Crippen molar-refractivity contribution in [3.63, 3.8) is 0 Å². The van der Waals surface area contributed by atoms with E-state index in [2.05, 4.69) is 24.9 Å². The maximum absolute atomic E-state index is 10.9. The van der Waals surface area contributed by atoms with Gasteiger partial charge >= 0.3 is 5.97 Å². The molecule has 9 heteroatoms. The van der Waals surface area contributed by atoms with Gasteiger partial charge in [-0.2, -0.15) is 4.98 Å². The zero-order valence-corrected chi connectivity index (χ0v) is 20.4. The van der Waals surface area contributed by atoms with Crippen molar-refractivity contribution in [3.8, 4) is 34.4 Å². The Morgan fingerprint density at radius 1 is 1.06 bits per heavy atom. The third-order valence-corrected chi connectivity index (χ3v) is 6.56. The number of carboxylic acid groups (broad SMARTS) is 1. The predicted octanol–water partition coefficient (Wildman–Crippen LogP) is 5.20. The van der Waals surface area contributed by atoms with Gasteiger partial charge in [-0.1, -0.05) is 0 Å². The minimum absolute atomic E-state index is 0.0796. The highest BCUT2D eigenvalue weighted by atomic mass is 16.5. The first-order chi connectivity index (χ1) is 17.5. The topological polar surface area (TPSA) is 123 Å². The van der Waals surface area contributed by atoms with Gasteiger partial charge in [-0.15, -0.1) is 0 Å². The van der Waals surface area contributed by atoms with Gasteiger partial charge in [0.25, 0.3) is 0 Å². The number of hydrogen-bond donors (Lipinski definition) is 2. The smallest absolute Gasteiger partial charge is 0.303 e. The van der Waals surface area contributed by atoms with Gasteiger partial charge in [-0.25, -0.2) is 9.97 Å². The van der Waals surface area contributed by atoms with E-state index in [4.69, 9.17) is 14.6 Å². The van der Waals surface area contributed by atoms with E-state index in [1.165, 1.54) is 0 Å². The van der Waals surface area contributed by atoms with Crippen LogP contribution in [0.3, 0.4) is 0 Å². The number of nitrogens with zero attached hydrogens (tertiary/aromatic N) is 4. The van der Waals surface area contributed by atoms with Gasteiger partial charge in [0, 0.05) is 42.1 Å². The highest BCUT2D eigenvalue weighted by Gasteiger charge is 2.24. The number of aryl methyl sites for hydroxylation is 1. The van der Waals surface area contributed by atoms with Gasteiger partial charge in [0.2, 0.25) is 11.8 Å². The number of pyridine rings is 3. The highest BCUT2D eigenvalue weighted by molar-refractivity contribution is 5.77. The molecule has 186 valence electrons. The number of H-pyrrole nitrogens is 1. The number of aromatic nitrogens is 5. The van der Waals surface area contributed by atoms with Crippen LogP contribution in [0.4, 0.5) is 0 Å². The molecule has 9 nitrogen and oxygen atoms in total. The van der Waals surface area contributed by atoms with Crippen molar-refractivity contribution in [1.29, 1.82) is 0 Å². The minimum Gasteiger partial charge on any atom is -0.481 e. The number of carboxylic acids is 1. The Morgan fingerprint density at radius 2 is 1.86 bits per heavy atom. The lowest BCUT2D eigenvalue weighted by Gasteiger charge is -2.27. The van der Waals surface area contributed by atoms with E-state index in [9.17, 15) is 4.79 Å². The maximum Gasteiger partial charge on any atom is 0.303 e. The summed E-state index contributed by atoms with van der Waals surface area (Å²) in [7, 11) is 0. The summed E-state index contributed by atoms with van der Waals surface area (Å²) in [6.07, 6.45) is 7.36. The lowest BCUT2D eigenvalue weighted by Crippen LogP contribution is -2.25. The molecule has 0 amide bonds. The molecule has 4 aromatic heterocycles. The predicted molar refractivity (Wildman–Crippen MR) is 135 cm³/mol. The van der Waals surface area contributed by atoms with Crippen LogP contribution in [0.25, 0.3) is 33.8 Å². The van der Waals surface area contributed by atoms with E-state index < -0.39 is 5.97 Å². The molecular formula is C27H29N5O4. The van der Waals surface area contributed by atoms with Gasteiger partial charge in [-0.05, 0) is 69.2 Å². The first kappa shape index (κ1) is 23.7. The van der Waals surface area contributed by atoms with Crippen molar-refractivity contribution < 1.29 is 19.4 Å². The van der Waals surface area contributed by atoms with Gasteiger partial charge in [-0.3, -0.25) is 9.78 Å². The van der Waals surface area contributed by atoms with Crippen LogP contribution in [0.5, 0.6) is 11.8 Å². The second-order valence-electron chi connectivity index (χ2n) is 9.17. The summed E-state index contributed by atoms with van der Waals surface area (Å²) in [5, 5.41) is 8.97. The second-order valence-corrected chi connectivity index (χ2v) is 9.17. The number of hydrogen-bond acceptors (Lipinski definition) is 7. The SMILES string of the molecule is CCOc1ccc2[nH]c(-c3cnc(-c4ccc(OC5CCC(CC(=O)O)CC5)nc4)cc3C)nc2n1. The monoisotopic (exact) mass is 487 g/mol. The molecule has 0 aromatic carbocycles. The summed E-state index contributed by atoms with van der Waals surface area (Å²) < 4.78 is 11.5. The minimum atomic E-state index is -0.723. The van der Waals surface area contributed by atoms with E-state index >= 15 is 0 Å². The summed E-state index contributed by atoms with van der Waals surface area (Å²) in [6, 6.07) is 9.58. The molecule has 0 aliphatic heterocycles. The fraction of sp³-hybridized carbons (Fsp3) is 0.370. The molecule has 0 atom stereocenters. The van der Waals surface area contributed by atoms with Crippen molar-refractivity contribution in [1.82, 2.24) is 24.9 Å². The molecule has 0 radical (unpaired) electrons. The van der Waals surface area contributed by atoms with Crippen LogP contribution in [0, 0.1) is 12.8 Å². The molecular weight excluding hydrogens is 458 g/mol. The average molecular weight is 488 g/mol. The zero-order chi connectivity index (χ0) is 25.1. The van der Waals surface area contributed by atoms with Crippen LogP contribution in [-0.4, -0.2) is 48.7 Å². The van der Waals surface area contributed by atoms with Crippen LogP contribution >= 0.6 is 0 Å². The number of aromatic amines is 1. The van der Waals surface area contributed by atoms with E-state index in [-0.39, 0.29) is 18.4 Å². The lowest BCUT2D eigenvalue weighted by atomic mass is 9.85. The zero-order valence-electron chi connectivity index (χ0n) is 20.4. The van der Waals surface area contributed by atoms with Crippen LogP contribution < -0.4 is 9.47 Å². The third-order valence-electron chi connectivity index (χ3n) is 6.56. The molecule has 5 rings (SSSR count). The fourth-order valence-corrected chi connectivity index (χ4v) is 4.67. The number of rotatable bonds is 8. The fourth-order valence-electron chi connectivity index (χ4n) is 4.67. The van der Waals surface area contributed by atoms with Crippen molar-refractivity contribution in [2.24, 2.45) is 5.92 Å². The Labute approximate surface area is 209 Å². The van der Waals surface area contributed by atoms with Crippen molar-refractivity contribution >= 4 is 17.1 Å². The molecule has 0 bridgehead atoms. The van der Waals surface area contributed by atoms with E-state index in [0.29, 0.717) is 29.8 Å². The number of ether oxygens (including phenoxy) is 2. The van der Waals surface area contributed by atoms with Crippen LogP contribution in [0.15, 0.2) is 42.7 Å². The average Bonchev–Trinajstić information content (AvgIpc) is 3.29. The molecule has 1 aliphatic rings. The molecule has 2 N–H and O–H groups in total. The molecule has 36 heavy (non-hydrogen) atoms. The Hall–Kier alpha value is -4.01. The number of imidazole rings is 1. The van der Waals surface area contributed by atoms with Crippen LogP contribution in [0.1, 0.15) is 44.6 Å². The van der Waals surface area contributed by atoms with Gasteiger partial charge in [0.1, 0.15) is 11.9 Å². The van der Waals surface area contributed by atoms with Crippen molar-refractivity contribution in [3.05, 3.63) is 48.3 Å². The third kappa shape index (κ3) is 5.30. The summed E-state index contributed by atoms with van der Waals surface area (Å²) in [5.74, 6) is 1.37. The maximum atomic E-state index is 10.9. The molecule has 0 unspecified atom stereocenters. The molecule has 1 fully saturated rings. The largest absolute Gasteiger partial charge is 0.481 e. The summed E-state index contributed by atoms with van der Waals surface area (Å²) in [6.45, 7) is 4.50. The summed E-state index contributed by atoms with van der Waals surface area (Å²) in [5.41, 5.74) is 5.09. The first-order valence-electron chi connectivity index (χ1n) is 12.3. The Kier molecular flexibility index (Phi) is 6.79. The number of nitrogens with one attached hydrogen (secondary N) is 1. The Balaban J connectivity index is 1.26. The second kappa shape index (κ2) is 10.3.